The summed E-state index contributed by atoms with van der Waals surface area (Å²) in [6.07, 6.45) is 4.35. The van der Waals surface area contributed by atoms with Gasteiger partial charge in [-0.25, -0.2) is 4.79 Å². The molecule has 110 valence electrons. The van der Waals surface area contributed by atoms with Gasteiger partial charge in [0.2, 0.25) is 5.91 Å². The summed E-state index contributed by atoms with van der Waals surface area (Å²) < 4.78 is 4.84. The van der Waals surface area contributed by atoms with Gasteiger partial charge in [-0.3, -0.25) is 4.79 Å². The van der Waals surface area contributed by atoms with Gasteiger partial charge in [-0.15, -0.1) is 11.3 Å². The Morgan fingerprint density at radius 2 is 2.20 bits per heavy atom. The highest BCUT2D eigenvalue weighted by molar-refractivity contribution is 7.17. The lowest BCUT2D eigenvalue weighted by Crippen LogP contribution is -2.35. The standard InChI is InChI=1S/C14H20N2O3S/c1-3-5-9(15)12(17)16-13-11(14(18)19-2)8-6-4-7-10(8)20-13/h9H,3-7,15H2,1-2H3,(H,16,17)/t9-/m0/s1. The molecule has 0 radical (unpaired) electrons. The van der Waals surface area contributed by atoms with Crippen LogP contribution in [0.2, 0.25) is 0 Å². The number of fused-ring (bicyclic) bond motifs is 1. The quantitative estimate of drug-likeness (QED) is 0.815. The van der Waals surface area contributed by atoms with E-state index in [1.165, 1.54) is 23.3 Å². The largest absolute Gasteiger partial charge is 0.465 e. The Morgan fingerprint density at radius 3 is 2.85 bits per heavy atom. The molecular weight excluding hydrogens is 276 g/mol. The number of amides is 1. The van der Waals surface area contributed by atoms with Crippen molar-refractivity contribution in [3.8, 4) is 0 Å². The van der Waals surface area contributed by atoms with Gasteiger partial charge >= 0.3 is 5.97 Å². The Kier molecular flexibility index (Phi) is 4.77. The van der Waals surface area contributed by atoms with E-state index in [1.54, 1.807) is 0 Å². The van der Waals surface area contributed by atoms with Crippen LogP contribution >= 0.6 is 11.3 Å². The molecule has 1 aromatic heterocycles. The van der Waals surface area contributed by atoms with E-state index < -0.39 is 6.04 Å². The molecule has 3 N–H and O–H groups in total. The first kappa shape index (κ1) is 15.0. The number of methoxy groups -OCH3 is 1. The van der Waals surface area contributed by atoms with E-state index in [2.05, 4.69) is 5.32 Å². The number of carbonyl (C=O) groups excluding carboxylic acids is 2. The number of hydrogen-bond acceptors (Lipinski definition) is 5. The third kappa shape index (κ3) is 2.86. The summed E-state index contributed by atoms with van der Waals surface area (Å²) >= 11 is 1.47. The molecule has 0 fully saturated rings. The van der Waals surface area contributed by atoms with Gasteiger partial charge in [-0.2, -0.15) is 0 Å². The molecule has 5 nitrogen and oxygen atoms in total. The topological polar surface area (TPSA) is 81.4 Å². The highest BCUT2D eigenvalue weighted by Gasteiger charge is 2.28. The number of esters is 1. The van der Waals surface area contributed by atoms with Crippen LogP contribution in [0.4, 0.5) is 5.00 Å². The minimum absolute atomic E-state index is 0.239. The van der Waals surface area contributed by atoms with E-state index >= 15 is 0 Å². The number of nitrogens with two attached hydrogens (primary N) is 1. The molecule has 0 aromatic carbocycles. The molecule has 1 heterocycles. The first-order valence-electron chi connectivity index (χ1n) is 6.87. The predicted octanol–water partition coefficient (Wildman–Crippen LogP) is 2.09. The smallest absolute Gasteiger partial charge is 0.341 e. The maximum atomic E-state index is 12.0. The molecule has 1 aliphatic carbocycles. The Labute approximate surface area is 122 Å². The van der Waals surface area contributed by atoms with Crippen molar-refractivity contribution in [1.82, 2.24) is 0 Å². The number of carbonyl (C=O) groups is 2. The van der Waals surface area contributed by atoms with Gasteiger partial charge in [-0.05, 0) is 31.2 Å². The number of aryl methyl sites for hydroxylation is 1. The van der Waals surface area contributed by atoms with Crippen LogP contribution in [-0.2, 0) is 22.4 Å². The Bertz CT molecular complexity index is 525. The number of hydrogen-bond donors (Lipinski definition) is 2. The average Bonchev–Trinajstić information content (AvgIpc) is 2.98. The summed E-state index contributed by atoms with van der Waals surface area (Å²) in [6, 6.07) is -0.539. The Morgan fingerprint density at radius 1 is 1.45 bits per heavy atom. The van der Waals surface area contributed by atoms with Crippen LogP contribution in [0.15, 0.2) is 0 Å². The first-order chi connectivity index (χ1) is 9.58. The number of ether oxygens (including phenoxy) is 1. The van der Waals surface area contributed by atoms with Crippen LogP contribution in [0.3, 0.4) is 0 Å². The zero-order chi connectivity index (χ0) is 14.7. The average molecular weight is 296 g/mol. The number of rotatable bonds is 5. The lowest BCUT2D eigenvalue weighted by atomic mass is 10.1. The van der Waals surface area contributed by atoms with E-state index in [-0.39, 0.29) is 11.9 Å². The van der Waals surface area contributed by atoms with E-state index in [1.807, 2.05) is 6.92 Å². The monoisotopic (exact) mass is 296 g/mol. The summed E-state index contributed by atoms with van der Waals surface area (Å²) in [5.74, 6) is -0.624. The van der Waals surface area contributed by atoms with Crippen LogP contribution in [0.1, 0.15) is 47.0 Å². The van der Waals surface area contributed by atoms with Crippen molar-refractivity contribution >= 4 is 28.2 Å². The fraction of sp³-hybridized carbons (Fsp3) is 0.571. The Hall–Kier alpha value is -1.40. The third-order valence-electron chi connectivity index (χ3n) is 3.48. The SMILES string of the molecule is CCC[C@H](N)C(=O)Nc1sc2c(c1C(=O)OC)CCC2. The van der Waals surface area contributed by atoms with E-state index in [0.29, 0.717) is 17.0 Å². The van der Waals surface area contributed by atoms with Crippen molar-refractivity contribution in [3.05, 3.63) is 16.0 Å². The molecular formula is C14H20N2O3S. The van der Waals surface area contributed by atoms with Gasteiger partial charge in [0.05, 0.1) is 18.7 Å². The summed E-state index contributed by atoms with van der Waals surface area (Å²) in [4.78, 5) is 25.1. The van der Waals surface area contributed by atoms with Crippen molar-refractivity contribution in [2.45, 2.75) is 45.1 Å². The van der Waals surface area contributed by atoms with Gasteiger partial charge in [0.25, 0.3) is 0 Å². The van der Waals surface area contributed by atoms with Crippen molar-refractivity contribution < 1.29 is 14.3 Å². The molecule has 0 spiro atoms. The molecule has 0 unspecified atom stereocenters. The maximum absolute atomic E-state index is 12.0. The molecule has 1 aliphatic rings. The zero-order valence-corrected chi connectivity index (χ0v) is 12.6. The zero-order valence-electron chi connectivity index (χ0n) is 11.8. The first-order valence-corrected chi connectivity index (χ1v) is 7.69. The predicted molar refractivity (Wildman–Crippen MR) is 79.2 cm³/mol. The second-order valence-corrected chi connectivity index (χ2v) is 6.04. The van der Waals surface area contributed by atoms with Crippen molar-refractivity contribution in [3.63, 3.8) is 0 Å². The van der Waals surface area contributed by atoms with Crippen LogP contribution < -0.4 is 11.1 Å². The number of nitrogens with one attached hydrogen (secondary N) is 1. The minimum Gasteiger partial charge on any atom is -0.465 e. The molecule has 1 aromatic rings. The van der Waals surface area contributed by atoms with Crippen molar-refractivity contribution in [2.75, 3.05) is 12.4 Å². The fourth-order valence-electron chi connectivity index (χ4n) is 2.46. The van der Waals surface area contributed by atoms with E-state index in [9.17, 15) is 9.59 Å². The second kappa shape index (κ2) is 6.37. The van der Waals surface area contributed by atoms with Crippen LogP contribution in [0, 0.1) is 0 Å². The number of anilines is 1. The van der Waals surface area contributed by atoms with Gasteiger partial charge in [0, 0.05) is 4.88 Å². The van der Waals surface area contributed by atoms with Gasteiger partial charge in [0.1, 0.15) is 5.00 Å². The van der Waals surface area contributed by atoms with Crippen LogP contribution in [0.25, 0.3) is 0 Å². The highest BCUT2D eigenvalue weighted by Crippen LogP contribution is 2.39. The molecule has 20 heavy (non-hydrogen) atoms. The molecule has 0 saturated carbocycles. The van der Waals surface area contributed by atoms with Crippen molar-refractivity contribution in [2.24, 2.45) is 5.73 Å². The number of thiophene rings is 1. The van der Waals surface area contributed by atoms with Crippen LogP contribution in [0.5, 0.6) is 0 Å². The van der Waals surface area contributed by atoms with Crippen LogP contribution in [-0.4, -0.2) is 25.0 Å². The molecule has 0 aliphatic heterocycles. The molecule has 6 heteroatoms. The molecule has 1 amide bonds. The maximum Gasteiger partial charge on any atom is 0.341 e. The summed E-state index contributed by atoms with van der Waals surface area (Å²) in [6.45, 7) is 1.98. The van der Waals surface area contributed by atoms with Gasteiger partial charge < -0.3 is 15.8 Å². The minimum atomic E-state index is -0.539. The lowest BCUT2D eigenvalue weighted by Gasteiger charge is -2.11. The van der Waals surface area contributed by atoms with E-state index in [0.717, 1.165) is 31.2 Å². The molecule has 1 atom stereocenters. The summed E-state index contributed by atoms with van der Waals surface area (Å²) in [5, 5.41) is 3.38. The van der Waals surface area contributed by atoms with Crippen molar-refractivity contribution in [1.29, 1.82) is 0 Å². The van der Waals surface area contributed by atoms with E-state index in [4.69, 9.17) is 10.5 Å². The summed E-state index contributed by atoms with van der Waals surface area (Å²) in [5.41, 5.74) is 7.35. The second-order valence-electron chi connectivity index (χ2n) is 4.94. The molecule has 2 rings (SSSR count). The fourth-order valence-corrected chi connectivity index (χ4v) is 3.74. The summed E-state index contributed by atoms with van der Waals surface area (Å²) in [7, 11) is 1.36. The molecule has 0 saturated heterocycles. The third-order valence-corrected chi connectivity index (χ3v) is 4.69. The highest BCUT2D eigenvalue weighted by atomic mass is 32.1. The van der Waals surface area contributed by atoms with Gasteiger partial charge in [-0.1, -0.05) is 13.3 Å². The molecule has 0 bridgehead atoms. The normalized spacial score (nSPS) is 14.8. The van der Waals surface area contributed by atoms with Gasteiger partial charge in [0.15, 0.2) is 0 Å². The Balaban J connectivity index is 2.24. The lowest BCUT2D eigenvalue weighted by molar-refractivity contribution is -0.117.